The number of ether oxygens (including phenoxy) is 1. The molecule has 152 valence electrons. The number of esters is 1. The third kappa shape index (κ3) is 4.56. The van der Waals surface area contributed by atoms with E-state index in [2.05, 4.69) is 15.3 Å². The van der Waals surface area contributed by atoms with Crippen LogP contribution in [0.1, 0.15) is 44.0 Å². The van der Waals surface area contributed by atoms with Crippen LogP contribution in [0.4, 0.5) is 5.69 Å². The topological polar surface area (TPSA) is 84.1 Å². The highest BCUT2D eigenvalue weighted by Crippen LogP contribution is 2.32. The maximum absolute atomic E-state index is 12.4. The van der Waals surface area contributed by atoms with Crippen molar-refractivity contribution in [3.8, 4) is 11.4 Å². The number of hydrogen-bond acceptors (Lipinski definition) is 5. The van der Waals surface area contributed by atoms with Crippen LogP contribution < -0.4 is 5.32 Å². The van der Waals surface area contributed by atoms with E-state index in [9.17, 15) is 9.59 Å². The third-order valence-corrected chi connectivity index (χ3v) is 5.61. The van der Waals surface area contributed by atoms with Crippen molar-refractivity contribution >= 4 is 28.9 Å². The number of H-pyrrole nitrogens is 1. The third-order valence-electron chi connectivity index (χ3n) is 4.64. The Morgan fingerprint density at radius 3 is 2.48 bits per heavy atom. The van der Waals surface area contributed by atoms with Crippen molar-refractivity contribution in [2.45, 2.75) is 41.0 Å². The molecule has 2 N–H and O–H groups in total. The zero-order valence-corrected chi connectivity index (χ0v) is 18.1. The van der Waals surface area contributed by atoms with Gasteiger partial charge in [-0.05, 0) is 52.3 Å². The number of nitrogens with zero attached hydrogens (tertiary/aromatic N) is 1. The normalized spacial score (nSPS) is 10.8. The number of thiazole rings is 1. The van der Waals surface area contributed by atoms with Gasteiger partial charge in [0, 0.05) is 16.3 Å². The van der Waals surface area contributed by atoms with Gasteiger partial charge in [0.25, 0.3) is 0 Å². The summed E-state index contributed by atoms with van der Waals surface area (Å²) in [6.07, 6.45) is 0.197. The molecular formula is C22H25N3O3S. The molecule has 0 aliphatic heterocycles. The summed E-state index contributed by atoms with van der Waals surface area (Å²) in [5.74, 6) is -0.448. The zero-order valence-electron chi connectivity index (χ0n) is 17.3. The van der Waals surface area contributed by atoms with E-state index in [1.807, 2.05) is 52.0 Å². The Balaban J connectivity index is 1.80. The highest BCUT2D eigenvalue weighted by atomic mass is 32.1. The molecule has 29 heavy (non-hydrogen) atoms. The lowest BCUT2D eigenvalue weighted by Gasteiger charge is -2.04. The van der Waals surface area contributed by atoms with Gasteiger partial charge in [-0.15, -0.1) is 11.3 Å². The monoisotopic (exact) mass is 411 g/mol. The zero-order chi connectivity index (χ0) is 21.1. The summed E-state index contributed by atoms with van der Waals surface area (Å²) in [6.45, 7) is 9.81. The first-order valence-corrected chi connectivity index (χ1v) is 10.3. The van der Waals surface area contributed by atoms with Crippen LogP contribution in [0.5, 0.6) is 0 Å². The van der Waals surface area contributed by atoms with Gasteiger partial charge in [-0.25, -0.2) is 9.78 Å². The van der Waals surface area contributed by atoms with Gasteiger partial charge in [0.1, 0.15) is 10.7 Å². The highest BCUT2D eigenvalue weighted by Gasteiger charge is 2.23. The SMILES string of the molecule is CCOC(=O)c1c(C)[nH]c(-c2nc(CC(=O)Nc3ccc(C)cc3)sc2C)c1C. The fourth-order valence-corrected chi connectivity index (χ4v) is 4.17. The molecule has 1 aromatic carbocycles. The van der Waals surface area contributed by atoms with Crippen LogP contribution in [0.15, 0.2) is 24.3 Å². The van der Waals surface area contributed by atoms with E-state index in [0.717, 1.165) is 43.8 Å². The van der Waals surface area contributed by atoms with Crippen molar-refractivity contribution in [3.63, 3.8) is 0 Å². The minimum Gasteiger partial charge on any atom is -0.462 e. The van der Waals surface area contributed by atoms with E-state index in [1.54, 1.807) is 6.92 Å². The van der Waals surface area contributed by atoms with E-state index in [1.165, 1.54) is 11.3 Å². The van der Waals surface area contributed by atoms with E-state index >= 15 is 0 Å². The van der Waals surface area contributed by atoms with E-state index in [4.69, 9.17) is 4.74 Å². The number of aromatic nitrogens is 2. The van der Waals surface area contributed by atoms with E-state index in [0.29, 0.717) is 12.2 Å². The van der Waals surface area contributed by atoms with E-state index in [-0.39, 0.29) is 18.3 Å². The van der Waals surface area contributed by atoms with Crippen LogP contribution >= 0.6 is 11.3 Å². The van der Waals surface area contributed by atoms with Crippen molar-refractivity contribution < 1.29 is 14.3 Å². The molecule has 2 aromatic heterocycles. The largest absolute Gasteiger partial charge is 0.462 e. The number of carbonyl (C=O) groups excluding carboxylic acids is 2. The number of aryl methyl sites for hydroxylation is 3. The minimum absolute atomic E-state index is 0.110. The molecule has 0 unspecified atom stereocenters. The molecule has 3 rings (SSSR count). The second kappa shape index (κ2) is 8.61. The number of rotatable bonds is 6. The van der Waals surface area contributed by atoms with Gasteiger partial charge in [0.2, 0.25) is 5.91 Å². The van der Waals surface area contributed by atoms with Crippen molar-refractivity contribution in [3.05, 3.63) is 56.5 Å². The van der Waals surface area contributed by atoms with Crippen LogP contribution in [0.2, 0.25) is 0 Å². The molecule has 0 spiro atoms. The summed E-state index contributed by atoms with van der Waals surface area (Å²) in [6, 6.07) is 7.68. The molecule has 0 aliphatic carbocycles. The lowest BCUT2D eigenvalue weighted by Crippen LogP contribution is -2.14. The fraction of sp³-hybridized carbons (Fsp3) is 0.318. The van der Waals surface area contributed by atoms with Gasteiger partial charge in [0.15, 0.2) is 0 Å². The predicted molar refractivity (Wildman–Crippen MR) is 116 cm³/mol. The first kappa shape index (κ1) is 20.8. The molecule has 0 saturated carbocycles. The van der Waals surface area contributed by atoms with E-state index < -0.39 is 0 Å². The summed E-state index contributed by atoms with van der Waals surface area (Å²) < 4.78 is 5.16. The molecule has 0 bridgehead atoms. The lowest BCUT2D eigenvalue weighted by atomic mass is 10.1. The summed E-state index contributed by atoms with van der Waals surface area (Å²) in [4.78, 5) is 33.6. The van der Waals surface area contributed by atoms with Crippen LogP contribution in [-0.2, 0) is 16.0 Å². The molecular weight excluding hydrogens is 386 g/mol. The fourth-order valence-electron chi connectivity index (χ4n) is 3.23. The second-order valence-electron chi connectivity index (χ2n) is 6.95. The summed E-state index contributed by atoms with van der Waals surface area (Å²) in [5, 5.41) is 3.63. The highest BCUT2D eigenvalue weighted by molar-refractivity contribution is 7.12. The van der Waals surface area contributed by atoms with Gasteiger partial charge in [-0.2, -0.15) is 0 Å². The smallest absolute Gasteiger partial charge is 0.340 e. The van der Waals surface area contributed by atoms with Gasteiger partial charge in [-0.1, -0.05) is 17.7 Å². The maximum atomic E-state index is 12.4. The van der Waals surface area contributed by atoms with Crippen molar-refractivity contribution in [2.75, 3.05) is 11.9 Å². The second-order valence-corrected chi connectivity index (χ2v) is 8.24. The van der Waals surface area contributed by atoms with Gasteiger partial charge in [-0.3, -0.25) is 4.79 Å². The molecule has 0 aliphatic rings. The number of aromatic amines is 1. The minimum atomic E-state index is -0.337. The van der Waals surface area contributed by atoms with Crippen molar-refractivity contribution in [1.82, 2.24) is 9.97 Å². The Morgan fingerprint density at radius 2 is 1.83 bits per heavy atom. The number of nitrogens with one attached hydrogen (secondary N) is 2. The molecule has 0 saturated heterocycles. The molecule has 6 nitrogen and oxygen atoms in total. The van der Waals surface area contributed by atoms with Gasteiger partial charge in [0.05, 0.1) is 24.3 Å². The Bertz CT molecular complexity index is 1050. The van der Waals surface area contributed by atoms with Crippen LogP contribution in [0, 0.1) is 27.7 Å². The van der Waals surface area contributed by atoms with Crippen LogP contribution in [0.25, 0.3) is 11.4 Å². The molecule has 0 fully saturated rings. The number of benzene rings is 1. The Labute approximate surface area is 174 Å². The first-order valence-electron chi connectivity index (χ1n) is 9.49. The Kier molecular flexibility index (Phi) is 6.17. The molecule has 7 heteroatoms. The molecule has 3 aromatic rings. The van der Waals surface area contributed by atoms with Crippen molar-refractivity contribution in [1.29, 1.82) is 0 Å². The number of carbonyl (C=O) groups is 2. The summed E-state index contributed by atoms with van der Waals surface area (Å²) in [7, 11) is 0. The first-order chi connectivity index (χ1) is 13.8. The maximum Gasteiger partial charge on any atom is 0.340 e. The predicted octanol–water partition coefficient (Wildman–Crippen LogP) is 4.73. The lowest BCUT2D eigenvalue weighted by molar-refractivity contribution is -0.115. The van der Waals surface area contributed by atoms with Gasteiger partial charge < -0.3 is 15.0 Å². The van der Waals surface area contributed by atoms with Crippen molar-refractivity contribution in [2.24, 2.45) is 0 Å². The molecule has 1 amide bonds. The Hall–Kier alpha value is -2.93. The average Bonchev–Trinajstić information content (AvgIpc) is 3.15. The van der Waals surface area contributed by atoms with Gasteiger partial charge >= 0.3 is 5.97 Å². The summed E-state index contributed by atoms with van der Waals surface area (Å²) in [5.41, 5.74) is 5.58. The molecule has 0 atom stereocenters. The number of anilines is 1. The molecule has 0 radical (unpaired) electrons. The van der Waals surface area contributed by atoms with Crippen LogP contribution in [0.3, 0.4) is 0 Å². The average molecular weight is 412 g/mol. The summed E-state index contributed by atoms with van der Waals surface area (Å²) >= 11 is 1.48. The molecule has 2 heterocycles. The standard InChI is InChI=1S/C22H25N3O3S/c1-6-28-22(27)19-13(3)20(23-14(19)4)21-15(5)29-18(25-21)11-17(26)24-16-9-7-12(2)8-10-16/h7-10,23H,6,11H2,1-5H3,(H,24,26). The quantitative estimate of drug-likeness (QED) is 0.574. The Morgan fingerprint density at radius 1 is 1.14 bits per heavy atom. The van der Waals surface area contributed by atoms with Crippen LogP contribution in [-0.4, -0.2) is 28.5 Å². The number of amides is 1. The number of hydrogen-bond donors (Lipinski definition) is 2.